The molecule has 0 bridgehead atoms. The van der Waals surface area contributed by atoms with Crippen LogP contribution < -0.4 is 5.32 Å². The van der Waals surface area contributed by atoms with Gasteiger partial charge in [0.25, 0.3) is 0 Å². The second-order valence-corrected chi connectivity index (χ2v) is 29.7. The molecule has 448 valence electrons. The molecule has 0 radical (unpaired) electrons. The number of aliphatic hydroxyl groups excluding tert-OH is 2. The Labute approximate surface area is 471 Å². The molecule has 18 atom stereocenters. The van der Waals surface area contributed by atoms with Crippen molar-refractivity contribution in [1.29, 1.82) is 0 Å². The van der Waals surface area contributed by atoms with Crippen LogP contribution in [0, 0.1) is 86.3 Å². The molecule has 16 heteroatoms. The first kappa shape index (κ1) is 64.9. The summed E-state index contributed by atoms with van der Waals surface area (Å²) in [5.74, 6) is -0.134. The molecule has 6 fully saturated rings. The third kappa shape index (κ3) is 12.1. The van der Waals surface area contributed by atoms with Gasteiger partial charge in [0.05, 0.1) is 30.7 Å². The fourth-order valence-corrected chi connectivity index (χ4v) is 19.7. The zero-order valence-corrected chi connectivity index (χ0v) is 52.2. The van der Waals surface area contributed by atoms with E-state index in [-0.39, 0.29) is 106 Å². The average molecular weight is 1120 g/mol. The number of ketones is 1. The Morgan fingerprint density at radius 3 is 2.05 bits per heavy atom. The molecule has 6 aliphatic rings. The van der Waals surface area contributed by atoms with Crippen molar-refractivity contribution in [3.63, 3.8) is 0 Å². The van der Waals surface area contributed by atoms with Crippen LogP contribution in [0.5, 0.6) is 0 Å². The molecule has 5 saturated carbocycles. The number of nitrogens with one attached hydrogen (secondary N) is 1. The maximum Gasteiger partial charge on any atom is 0.469 e. The van der Waals surface area contributed by atoms with Crippen LogP contribution in [-0.2, 0) is 33.0 Å². The van der Waals surface area contributed by atoms with Gasteiger partial charge in [0.15, 0.2) is 0 Å². The summed E-state index contributed by atoms with van der Waals surface area (Å²) < 4.78 is 23.7. The molecule has 15 nitrogen and oxygen atoms in total. The highest BCUT2D eigenvalue weighted by atomic mass is 31.2. The van der Waals surface area contributed by atoms with Crippen molar-refractivity contribution in [2.24, 2.45) is 86.3 Å². The van der Waals surface area contributed by atoms with E-state index < -0.39 is 55.4 Å². The minimum Gasteiger partial charge on any atom is -0.396 e. The van der Waals surface area contributed by atoms with Crippen molar-refractivity contribution in [2.75, 3.05) is 48.0 Å². The molecule has 5 N–H and O–H groups in total. The van der Waals surface area contributed by atoms with Crippen LogP contribution in [0.2, 0.25) is 0 Å². The number of fused-ring (bicyclic) bond motifs is 7. The average Bonchev–Trinajstić information content (AvgIpc) is 4.07. The number of hydrogen-bond donors (Lipinski definition) is 5. The molecular formula is C62H109N4O11P. The fourth-order valence-electron chi connectivity index (χ4n) is 19.0. The van der Waals surface area contributed by atoms with Gasteiger partial charge in [0.1, 0.15) is 11.8 Å². The Morgan fingerprint density at radius 1 is 0.821 bits per heavy atom. The topological polar surface area (TPSA) is 206 Å². The highest BCUT2D eigenvalue weighted by molar-refractivity contribution is 7.46. The van der Waals surface area contributed by atoms with Crippen LogP contribution in [0.15, 0.2) is 12.2 Å². The predicted octanol–water partition coefficient (Wildman–Crippen LogP) is 9.68. The van der Waals surface area contributed by atoms with E-state index in [0.29, 0.717) is 44.1 Å². The standard InChI is InChI=1S/C62H109N4O11P/c1-18-39(6)55(65(16)57(72)53(37(2)3)63-56(71)54(38(4)5)64(14)15)47(76-17)34-51(70)66-33-19-20-45(66)43(35-67)41(8)46(69)23-21-40(7)42-25-30-62(36-68)32-31-60(12)44(52(42)62)22-24-49-59(11)28-27-50(77-78(73,74)75)58(9,10)48(59)26-29-61(49,60)13/h37-39,41-45,47-50,52-55,67-68H,7,18-36H2,1-6,8-17H3,(H,63,71)(H2,73,74,75)/t39-,41+,42-,43+,44?,45?,47+,48-,49?,50-,52+,53-,54-,55-,59-,60+,61+,62+/m0/s1. The molecule has 78 heavy (non-hydrogen) atoms. The van der Waals surface area contributed by atoms with Gasteiger partial charge >= 0.3 is 7.82 Å². The Morgan fingerprint density at radius 2 is 1.49 bits per heavy atom. The molecule has 6 rings (SSSR count). The number of phosphoric acid groups is 1. The van der Waals surface area contributed by atoms with Gasteiger partial charge in [-0.1, -0.05) is 102 Å². The first-order valence-electron chi connectivity index (χ1n) is 30.5. The Kier molecular flexibility index (Phi) is 20.7. The van der Waals surface area contributed by atoms with Crippen LogP contribution >= 0.6 is 7.82 Å². The van der Waals surface area contributed by atoms with E-state index in [1.54, 1.807) is 19.1 Å². The number of methoxy groups -OCH3 is 1. The molecule has 0 aromatic rings. The number of rotatable bonds is 24. The number of amides is 3. The van der Waals surface area contributed by atoms with E-state index >= 15 is 0 Å². The molecule has 5 aliphatic carbocycles. The molecule has 3 amide bonds. The number of hydrogen-bond acceptors (Lipinski definition) is 10. The fraction of sp³-hybridized carbons (Fsp3) is 0.903. The van der Waals surface area contributed by atoms with E-state index in [2.05, 4.69) is 53.8 Å². The lowest BCUT2D eigenvalue weighted by molar-refractivity contribution is -0.248. The highest BCUT2D eigenvalue weighted by Crippen LogP contribution is 2.78. The van der Waals surface area contributed by atoms with Gasteiger partial charge in [0.2, 0.25) is 17.7 Å². The zero-order valence-electron chi connectivity index (χ0n) is 51.3. The normalized spacial score (nSPS) is 35.4. The van der Waals surface area contributed by atoms with E-state index in [1.807, 2.05) is 58.5 Å². The summed E-state index contributed by atoms with van der Waals surface area (Å²) in [5, 5.41) is 25.5. The molecule has 1 saturated heterocycles. The van der Waals surface area contributed by atoms with Gasteiger partial charge in [0, 0.05) is 58.2 Å². The SMILES string of the molecule is C=C(CCC(=O)[C@H](C)[C@@H](CO)C1CCCN1C(=O)C[C@@H](OC)[C@H]([C@@H](C)CC)N(C)C(=O)[C@@H](NC(=O)[C@H](C(C)C)N(C)C)C(C)C)[C@@H]1CC[C@]2(CO)CC[C@]3(C)C(CCC4[C@@]5(C)CC[C@H](OP(=O)(O)O)C(C)(C)[C@@H]5CC[C@]43C)[C@@H]12. The third-order valence-electron chi connectivity index (χ3n) is 23.6. The van der Waals surface area contributed by atoms with Crippen molar-refractivity contribution in [3.05, 3.63) is 12.2 Å². The number of ether oxygens (including phenoxy) is 1. The van der Waals surface area contributed by atoms with Crippen molar-refractivity contribution < 1.29 is 53.0 Å². The van der Waals surface area contributed by atoms with Gasteiger partial charge < -0.3 is 39.9 Å². The largest absolute Gasteiger partial charge is 0.469 e. The van der Waals surface area contributed by atoms with Crippen LogP contribution in [0.4, 0.5) is 0 Å². The van der Waals surface area contributed by atoms with Crippen molar-refractivity contribution in [1.82, 2.24) is 20.0 Å². The molecule has 0 spiro atoms. The molecular weight excluding hydrogens is 1010 g/mol. The molecule has 1 heterocycles. The van der Waals surface area contributed by atoms with E-state index in [9.17, 15) is 43.7 Å². The summed E-state index contributed by atoms with van der Waals surface area (Å²) in [4.78, 5) is 82.3. The van der Waals surface area contributed by atoms with Gasteiger partial charge in [-0.3, -0.25) is 28.6 Å². The summed E-state index contributed by atoms with van der Waals surface area (Å²) in [7, 11) is 2.41. The molecule has 1 aliphatic heterocycles. The van der Waals surface area contributed by atoms with Gasteiger partial charge in [-0.25, -0.2) is 4.57 Å². The maximum atomic E-state index is 14.6. The number of phosphoric ester groups is 1. The van der Waals surface area contributed by atoms with E-state index in [0.717, 1.165) is 76.2 Å². The zero-order chi connectivity index (χ0) is 58.4. The van der Waals surface area contributed by atoms with Crippen LogP contribution in [0.3, 0.4) is 0 Å². The number of likely N-dealkylation sites (tertiary alicyclic amines) is 1. The minimum absolute atomic E-state index is 0.000477. The van der Waals surface area contributed by atoms with Gasteiger partial charge in [-0.05, 0) is 172 Å². The van der Waals surface area contributed by atoms with Gasteiger partial charge in [-0.2, -0.15) is 0 Å². The summed E-state index contributed by atoms with van der Waals surface area (Å²) in [6.07, 6.45) is 11.5. The van der Waals surface area contributed by atoms with Gasteiger partial charge in [-0.15, -0.1) is 0 Å². The second-order valence-electron chi connectivity index (χ2n) is 28.5. The number of aliphatic hydroxyl groups is 2. The lowest BCUT2D eigenvalue weighted by Crippen LogP contribution is -2.66. The summed E-state index contributed by atoms with van der Waals surface area (Å²) >= 11 is 0. The van der Waals surface area contributed by atoms with E-state index in [1.165, 1.54) is 0 Å². The lowest BCUT2D eigenvalue weighted by atomic mass is 9.32. The van der Waals surface area contributed by atoms with Crippen molar-refractivity contribution >= 4 is 31.3 Å². The van der Waals surface area contributed by atoms with Crippen LogP contribution in [-0.4, -0.2) is 143 Å². The number of carbonyl (C=O) groups is 4. The maximum absolute atomic E-state index is 14.6. The van der Waals surface area contributed by atoms with E-state index in [4.69, 9.17) is 15.8 Å². The number of nitrogens with zero attached hydrogens (tertiary/aromatic N) is 3. The first-order valence-corrected chi connectivity index (χ1v) is 32.0. The Bertz CT molecular complexity index is 2180. The van der Waals surface area contributed by atoms with Crippen LogP contribution in [0.1, 0.15) is 186 Å². The summed E-state index contributed by atoms with van der Waals surface area (Å²) in [5.41, 5.74) is 0.580. The Balaban J connectivity index is 1.12. The number of likely N-dealkylation sites (N-methyl/N-ethyl adjacent to an activating group) is 2. The van der Waals surface area contributed by atoms with Crippen LogP contribution in [0.25, 0.3) is 0 Å². The third-order valence-corrected chi connectivity index (χ3v) is 24.1. The summed E-state index contributed by atoms with van der Waals surface area (Å²) in [6.45, 7) is 30.9. The predicted molar refractivity (Wildman–Crippen MR) is 307 cm³/mol. The smallest absolute Gasteiger partial charge is 0.396 e. The number of allylic oxidation sites excluding steroid dienone is 1. The monoisotopic (exact) mass is 1120 g/mol. The quantitative estimate of drug-likeness (QED) is 0.0453. The lowest BCUT2D eigenvalue weighted by Gasteiger charge is -2.73. The highest BCUT2D eigenvalue weighted by Gasteiger charge is 2.71. The Hall–Kier alpha value is -2.23. The minimum atomic E-state index is -4.64. The summed E-state index contributed by atoms with van der Waals surface area (Å²) in [6, 6.07) is -2.00. The first-order chi connectivity index (χ1) is 36.3. The number of Topliss-reactive ketones (excluding diaryl/α,β-unsaturated/α-hetero) is 1. The van der Waals surface area contributed by atoms with Crippen molar-refractivity contribution in [2.45, 2.75) is 222 Å². The van der Waals surface area contributed by atoms with Crippen molar-refractivity contribution in [3.8, 4) is 0 Å². The molecule has 0 aromatic carbocycles. The second kappa shape index (κ2) is 24.9. The molecule has 3 unspecified atom stereocenters. The number of carbonyl (C=O) groups excluding carboxylic acids is 4. The molecule has 0 aromatic heterocycles.